The Kier molecular flexibility index (Phi) is 13.1. The molecule has 1 atom stereocenters. The Hall–Kier alpha value is -0.804. The quantitative estimate of drug-likeness (QED) is 0.298. The Morgan fingerprint density at radius 3 is 1.83 bits per heavy atom. The number of carbonyl (C=O) groups is 3. The van der Waals surface area contributed by atoms with Crippen LogP contribution in [-0.4, -0.2) is 59.2 Å². The van der Waals surface area contributed by atoms with E-state index in [0.29, 0.717) is 5.02 Å². The van der Waals surface area contributed by atoms with Crippen molar-refractivity contribution >= 4 is 64.1 Å². The minimum atomic E-state index is -0.484. The average Bonchev–Trinajstić information content (AvgIpc) is 3.37. The maximum Gasteiger partial charge on any atom is 2.00 e. The van der Waals surface area contributed by atoms with Gasteiger partial charge in [-0.15, -0.1) is 0 Å². The molecular formula is C32H37BrCl2MgO5. The van der Waals surface area contributed by atoms with Gasteiger partial charge in [-0.05, 0) is 82.9 Å². The summed E-state index contributed by atoms with van der Waals surface area (Å²) in [7, 11) is 0. The van der Waals surface area contributed by atoms with E-state index in [2.05, 4.69) is 6.07 Å². The van der Waals surface area contributed by atoms with Crippen LogP contribution in [-0.2, 0) is 19.1 Å². The summed E-state index contributed by atoms with van der Waals surface area (Å²) in [5.74, 6) is 0.550. The fourth-order valence-corrected chi connectivity index (χ4v) is 7.14. The van der Waals surface area contributed by atoms with Crippen molar-refractivity contribution in [3.8, 4) is 0 Å². The molecule has 0 aromatic heterocycles. The smallest absolute Gasteiger partial charge is 1.00 e. The van der Waals surface area contributed by atoms with Gasteiger partial charge in [0.1, 0.15) is 17.9 Å². The van der Waals surface area contributed by atoms with Crippen molar-refractivity contribution in [2.24, 2.45) is 21.7 Å². The first-order chi connectivity index (χ1) is 18.5. The first-order valence-electron chi connectivity index (χ1n) is 13.6. The van der Waals surface area contributed by atoms with Crippen molar-refractivity contribution in [1.82, 2.24) is 0 Å². The summed E-state index contributed by atoms with van der Waals surface area (Å²) >= 11 is 11.4. The Bertz CT molecular complexity index is 1160. The number of rotatable bonds is 5. The predicted molar refractivity (Wildman–Crippen MR) is 157 cm³/mol. The van der Waals surface area contributed by atoms with E-state index in [1.807, 2.05) is 36.4 Å². The predicted octanol–water partition coefficient (Wildman–Crippen LogP) is 3.64. The fraction of sp³-hybridized carbons (Fsp3) is 0.531. The third kappa shape index (κ3) is 7.83. The van der Waals surface area contributed by atoms with Crippen molar-refractivity contribution in [2.45, 2.75) is 71.3 Å². The normalized spacial score (nSPS) is 31.1. The Labute approximate surface area is 280 Å². The van der Waals surface area contributed by atoms with E-state index in [0.717, 1.165) is 68.6 Å². The summed E-state index contributed by atoms with van der Waals surface area (Å²) in [6, 6.07) is 17.4. The summed E-state index contributed by atoms with van der Waals surface area (Å²) in [4.78, 5) is 32.8. The molecule has 5 nitrogen and oxygen atoms in total. The average molecular weight is 677 g/mol. The van der Waals surface area contributed by atoms with Gasteiger partial charge in [-0.1, -0.05) is 28.8 Å². The molecule has 0 spiro atoms. The van der Waals surface area contributed by atoms with E-state index < -0.39 is 6.10 Å². The Morgan fingerprint density at radius 1 is 0.927 bits per heavy atom. The van der Waals surface area contributed by atoms with Gasteiger partial charge in [0.25, 0.3) is 0 Å². The molecule has 7 aliphatic rings. The number of hydrogen-bond acceptors (Lipinski definition) is 5. The third-order valence-electron chi connectivity index (χ3n) is 9.13. The van der Waals surface area contributed by atoms with Gasteiger partial charge in [0, 0.05) is 39.9 Å². The summed E-state index contributed by atoms with van der Waals surface area (Å²) in [5, 5.41) is 11.8. The standard InChI is InChI=1S/C14H15ClO2.C8H10O2.C6H4Cl.C4H8O.BrH.Mg/c1-9(16)13-6-14(7-13,8-13)12(17)10-3-2-4-11(15)5-10;1-6(10)8-2-7(3-8,4-8)5-9;7-6-4-2-1-3-5-6;1-2-4-5-3-1;;/h2-5,12,17H,6-8H2,1H3;5H,2-4H2,1H3;1-2,4-5H;1-4H2;1H;/q;;-1;;;+2/p-1. The van der Waals surface area contributed by atoms with Crippen LogP contribution in [0.4, 0.5) is 0 Å². The first-order valence-corrected chi connectivity index (χ1v) is 14.4. The van der Waals surface area contributed by atoms with Gasteiger partial charge in [0.15, 0.2) is 0 Å². The number of hydrogen-bond donors (Lipinski definition) is 1. The van der Waals surface area contributed by atoms with Crippen molar-refractivity contribution in [3.05, 3.63) is 70.2 Å². The summed E-state index contributed by atoms with van der Waals surface area (Å²) < 4.78 is 4.94. The minimum absolute atomic E-state index is 0. The minimum Gasteiger partial charge on any atom is -1.00 e. The molecule has 1 unspecified atom stereocenters. The second-order valence-corrected chi connectivity index (χ2v) is 12.9. The fourth-order valence-electron chi connectivity index (χ4n) is 6.81. The van der Waals surface area contributed by atoms with Crippen LogP contribution in [0.3, 0.4) is 0 Å². The summed E-state index contributed by atoms with van der Waals surface area (Å²) in [5.41, 5.74) is 0.622. The molecule has 1 heterocycles. The van der Waals surface area contributed by atoms with Gasteiger partial charge in [0.05, 0.1) is 6.10 Å². The van der Waals surface area contributed by atoms with Crippen LogP contribution < -0.4 is 17.0 Å². The van der Waals surface area contributed by atoms with Crippen molar-refractivity contribution in [1.29, 1.82) is 0 Å². The van der Waals surface area contributed by atoms with Crippen molar-refractivity contribution < 1.29 is 41.2 Å². The maximum absolute atomic E-state index is 11.4. The van der Waals surface area contributed by atoms with Crippen LogP contribution in [0.5, 0.6) is 0 Å². The molecule has 1 N–H and O–H groups in total. The number of halogens is 3. The molecule has 41 heavy (non-hydrogen) atoms. The number of ketones is 2. The number of aldehydes is 1. The van der Waals surface area contributed by atoms with Gasteiger partial charge in [-0.25, -0.2) is 0 Å². The van der Waals surface area contributed by atoms with Crippen LogP contribution in [0, 0.1) is 27.7 Å². The molecule has 9 heteroatoms. The molecule has 4 bridgehead atoms. The van der Waals surface area contributed by atoms with E-state index in [1.54, 1.807) is 26.0 Å². The zero-order chi connectivity index (χ0) is 28.3. The summed E-state index contributed by atoms with van der Waals surface area (Å²) in [6.45, 7) is 5.29. The van der Waals surface area contributed by atoms with Gasteiger partial charge < -0.3 is 31.6 Å². The molecule has 2 aromatic rings. The molecule has 1 aliphatic heterocycles. The van der Waals surface area contributed by atoms with E-state index >= 15 is 0 Å². The third-order valence-corrected chi connectivity index (χ3v) is 9.60. The van der Waals surface area contributed by atoms with Gasteiger partial charge in [-0.2, -0.15) is 41.9 Å². The van der Waals surface area contributed by atoms with Crippen LogP contribution in [0.15, 0.2) is 48.5 Å². The monoisotopic (exact) mass is 674 g/mol. The van der Waals surface area contributed by atoms with Crippen LogP contribution >= 0.6 is 23.2 Å². The number of ether oxygens (including phenoxy) is 1. The van der Waals surface area contributed by atoms with Crippen molar-refractivity contribution in [2.75, 3.05) is 13.2 Å². The molecule has 6 aliphatic carbocycles. The number of benzene rings is 2. The molecular weight excluding hydrogens is 639 g/mol. The van der Waals surface area contributed by atoms with Crippen molar-refractivity contribution in [3.63, 3.8) is 0 Å². The molecule has 6 saturated carbocycles. The summed E-state index contributed by atoms with van der Waals surface area (Å²) in [6.07, 6.45) is 8.10. The topological polar surface area (TPSA) is 80.7 Å². The van der Waals surface area contributed by atoms with Crippen LogP contribution in [0.25, 0.3) is 0 Å². The Balaban J connectivity index is 0.000000209. The van der Waals surface area contributed by atoms with E-state index in [9.17, 15) is 19.5 Å². The maximum atomic E-state index is 11.4. The number of Topliss-reactive ketones (excluding diaryl/α,β-unsaturated/α-hetero) is 2. The molecule has 0 radical (unpaired) electrons. The molecule has 7 fully saturated rings. The number of carbonyl (C=O) groups excluding carboxylic acids is 3. The second-order valence-electron chi connectivity index (χ2n) is 12.1. The number of aliphatic hydroxyl groups is 1. The van der Waals surface area contributed by atoms with E-state index in [1.165, 1.54) is 12.8 Å². The SMILES string of the molecule is C1CCOC1.CC(=O)C12CC(C(O)c3cccc(Cl)c3)(C1)C2.CC(=O)C12CC(C=O)(C1)C2.Clc1c[c-]ccc1.[Br-].[Mg+2]. The largest absolute Gasteiger partial charge is 2.00 e. The molecule has 2 aromatic carbocycles. The molecule has 0 amide bonds. The zero-order valence-electron chi connectivity index (χ0n) is 23.8. The van der Waals surface area contributed by atoms with E-state index in [4.69, 9.17) is 27.9 Å². The van der Waals surface area contributed by atoms with Crippen LogP contribution in [0.1, 0.15) is 76.9 Å². The Morgan fingerprint density at radius 2 is 1.46 bits per heavy atom. The van der Waals surface area contributed by atoms with Gasteiger partial charge in [0.2, 0.25) is 0 Å². The molecule has 9 rings (SSSR count). The number of aliphatic hydroxyl groups excluding tert-OH is 1. The van der Waals surface area contributed by atoms with Gasteiger partial charge >= 0.3 is 23.1 Å². The molecule has 218 valence electrons. The van der Waals surface area contributed by atoms with Crippen LogP contribution in [0.2, 0.25) is 10.0 Å². The van der Waals surface area contributed by atoms with E-state index in [-0.39, 0.29) is 73.3 Å². The first kappa shape index (κ1) is 36.4. The second kappa shape index (κ2) is 14.8. The zero-order valence-corrected chi connectivity index (χ0v) is 28.3. The molecule has 1 saturated heterocycles. The van der Waals surface area contributed by atoms with Gasteiger partial charge in [-0.3, -0.25) is 9.59 Å².